The molecule has 0 saturated heterocycles. The molecule has 1 aliphatic rings. The van der Waals surface area contributed by atoms with Gasteiger partial charge in [0.25, 0.3) is 0 Å². The van der Waals surface area contributed by atoms with Crippen LogP contribution in [0.5, 0.6) is 23.0 Å². The molecule has 232 valence electrons. The van der Waals surface area contributed by atoms with Crippen molar-refractivity contribution in [3.63, 3.8) is 0 Å². The Bertz CT molecular complexity index is 1530. The fourth-order valence-corrected chi connectivity index (χ4v) is 6.31. The van der Waals surface area contributed by atoms with E-state index in [9.17, 15) is 20.1 Å². The number of rotatable bonds is 12. The number of aliphatic hydroxyl groups excluding tert-OH is 2. The molecular weight excluding hydrogens is 640 g/mol. The number of aryl methyl sites for hydroxylation is 2. The number of phenolic OH excluding ortho intramolecular Hbond substituents is 2. The zero-order valence-corrected chi connectivity index (χ0v) is 26.7. The lowest BCUT2D eigenvalue weighted by Crippen LogP contribution is -2.37. The number of nitrogens with one attached hydrogen (secondary N) is 1. The Labute approximate surface area is 270 Å². The van der Waals surface area contributed by atoms with Gasteiger partial charge in [-0.3, -0.25) is 4.79 Å². The molecule has 1 aliphatic heterocycles. The summed E-state index contributed by atoms with van der Waals surface area (Å²) in [7, 11) is 0. The van der Waals surface area contributed by atoms with Gasteiger partial charge in [-0.25, -0.2) is 0 Å². The van der Waals surface area contributed by atoms with Crippen LogP contribution in [0.25, 0.3) is 0 Å². The van der Waals surface area contributed by atoms with E-state index in [0.29, 0.717) is 39.4 Å². The highest BCUT2D eigenvalue weighted by molar-refractivity contribution is 6.42. The van der Waals surface area contributed by atoms with Crippen molar-refractivity contribution in [2.45, 2.75) is 58.0 Å². The second kappa shape index (κ2) is 14.1. The summed E-state index contributed by atoms with van der Waals surface area (Å²) in [6.45, 7) is 3.29. The van der Waals surface area contributed by atoms with Crippen molar-refractivity contribution in [2.24, 2.45) is 0 Å². The fraction of sp³-hybridized carbons (Fsp3) is 0.387. The summed E-state index contributed by atoms with van der Waals surface area (Å²) in [4.78, 5) is 12.6. The molecule has 12 heteroatoms. The first kappa shape index (κ1) is 33.5. The molecule has 43 heavy (non-hydrogen) atoms. The standard InChI is InChI=1S/C31H33Cl4NO7/c1-16-11-22(32)23(33)13-19(16)31(42-15-38)20-12-18(7-8-25(39)36-9-5-3-4-6-10-37)28(41)26(35)30(20)43-29-17(2)27(40)24(34)14-21(29)31/h11-14,37-38,40-41H,3-10,15H2,1-2H3,(H,36,39). The second-order valence-electron chi connectivity index (χ2n) is 10.4. The first-order valence-corrected chi connectivity index (χ1v) is 15.3. The number of hydrogen-bond donors (Lipinski definition) is 5. The van der Waals surface area contributed by atoms with Crippen molar-refractivity contribution in [1.29, 1.82) is 0 Å². The van der Waals surface area contributed by atoms with Gasteiger partial charge in [-0.1, -0.05) is 59.2 Å². The van der Waals surface area contributed by atoms with Crippen LogP contribution in [0.3, 0.4) is 0 Å². The van der Waals surface area contributed by atoms with Gasteiger partial charge in [-0.2, -0.15) is 0 Å². The van der Waals surface area contributed by atoms with Gasteiger partial charge in [-0.15, -0.1) is 0 Å². The lowest BCUT2D eigenvalue weighted by atomic mass is 9.75. The highest BCUT2D eigenvalue weighted by Gasteiger charge is 2.49. The number of phenols is 2. The molecule has 8 nitrogen and oxygen atoms in total. The molecule has 0 aliphatic carbocycles. The van der Waals surface area contributed by atoms with E-state index >= 15 is 0 Å². The van der Waals surface area contributed by atoms with Crippen LogP contribution < -0.4 is 10.1 Å². The number of amides is 1. The highest BCUT2D eigenvalue weighted by Crippen LogP contribution is 2.59. The summed E-state index contributed by atoms with van der Waals surface area (Å²) in [5, 5.41) is 44.2. The van der Waals surface area contributed by atoms with Gasteiger partial charge in [0.05, 0.1) is 15.1 Å². The Morgan fingerprint density at radius 2 is 1.51 bits per heavy atom. The van der Waals surface area contributed by atoms with E-state index in [4.69, 9.17) is 61.0 Å². The summed E-state index contributed by atoms with van der Waals surface area (Å²) in [5.74, 6) is -0.496. The Balaban J connectivity index is 1.84. The third-order valence-corrected chi connectivity index (χ3v) is 8.99. The predicted octanol–water partition coefficient (Wildman–Crippen LogP) is 7.29. The monoisotopic (exact) mass is 671 g/mol. The Hall–Kier alpha value is -2.43. The minimum Gasteiger partial charge on any atom is -0.506 e. The second-order valence-corrected chi connectivity index (χ2v) is 12.0. The maximum atomic E-state index is 12.6. The van der Waals surface area contributed by atoms with Crippen LogP contribution in [0.4, 0.5) is 0 Å². The quantitative estimate of drug-likeness (QED) is 0.101. The molecule has 1 unspecified atom stereocenters. The van der Waals surface area contributed by atoms with Crippen molar-refractivity contribution in [3.8, 4) is 23.0 Å². The molecule has 0 aromatic heterocycles. The number of carbonyl (C=O) groups excluding carboxylic acids is 1. The average molecular weight is 673 g/mol. The molecule has 1 amide bonds. The molecule has 0 bridgehead atoms. The average Bonchev–Trinajstić information content (AvgIpc) is 2.97. The number of hydrogen-bond acceptors (Lipinski definition) is 7. The van der Waals surface area contributed by atoms with Crippen LogP contribution in [0.2, 0.25) is 20.1 Å². The van der Waals surface area contributed by atoms with Gasteiger partial charge >= 0.3 is 0 Å². The lowest BCUT2D eigenvalue weighted by molar-refractivity contribution is -0.121. The molecule has 1 atom stereocenters. The third-order valence-electron chi connectivity index (χ3n) is 7.63. The van der Waals surface area contributed by atoms with Crippen LogP contribution in [0.1, 0.15) is 65.5 Å². The molecule has 3 aromatic rings. The van der Waals surface area contributed by atoms with E-state index in [1.54, 1.807) is 32.0 Å². The van der Waals surface area contributed by atoms with Crippen molar-refractivity contribution >= 4 is 52.3 Å². The van der Waals surface area contributed by atoms with Crippen LogP contribution >= 0.6 is 46.4 Å². The summed E-state index contributed by atoms with van der Waals surface area (Å²) in [6, 6.07) is 6.37. The Morgan fingerprint density at radius 1 is 0.860 bits per heavy atom. The fourth-order valence-electron chi connectivity index (χ4n) is 5.42. The van der Waals surface area contributed by atoms with Gasteiger partial charge in [0, 0.05) is 36.3 Å². The topological polar surface area (TPSA) is 128 Å². The first-order chi connectivity index (χ1) is 20.5. The number of benzene rings is 3. The van der Waals surface area contributed by atoms with E-state index in [1.807, 2.05) is 0 Å². The number of aliphatic hydroxyl groups is 2. The number of halogens is 4. The molecule has 0 radical (unpaired) electrons. The molecule has 3 aromatic carbocycles. The number of unbranched alkanes of at least 4 members (excludes halogenated alkanes) is 3. The van der Waals surface area contributed by atoms with Crippen LogP contribution in [-0.2, 0) is 21.6 Å². The van der Waals surface area contributed by atoms with E-state index in [0.717, 1.165) is 25.7 Å². The van der Waals surface area contributed by atoms with Gasteiger partial charge in [-0.05, 0) is 74.1 Å². The van der Waals surface area contributed by atoms with Gasteiger partial charge < -0.3 is 35.2 Å². The maximum Gasteiger partial charge on any atom is 0.220 e. The number of carbonyl (C=O) groups is 1. The minimum absolute atomic E-state index is 0.0186. The molecule has 0 spiro atoms. The zero-order valence-electron chi connectivity index (χ0n) is 23.7. The minimum atomic E-state index is -1.64. The number of aromatic hydroxyl groups is 2. The summed E-state index contributed by atoms with van der Waals surface area (Å²) in [5.41, 5.74) is 0.785. The number of ether oxygens (including phenoxy) is 2. The molecule has 5 N–H and O–H groups in total. The smallest absolute Gasteiger partial charge is 0.220 e. The summed E-state index contributed by atoms with van der Waals surface area (Å²) in [6.07, 6.45) is 3.50. The largest absolute Gasteiger partial charge is 0.506 e. The first-order valence-electron chi connectivity index (χ1n) is 13.8. The summed E-state index contributed by atoms with van der Waals surface area (Å²) < 4.78 is 12.4. The van der Waals surface area contributed by atoms with E-state index in [2.05, 4.69) is 5.32 Å². The van der Waals surface area contributed by atoms with E-state index < -0.39 is 12.4 Å². The molecule has 0 saturated carbocycles. The Kier molecular flexibility index (Phi) is 11.0. The normalized spacial score (nSPS) is 15.5. The van der Waals surface area contributed by atoms with Crippen LogP contribution in [-0.4, -0.2) is 46.3 Å². The predicted molar refractivity (Wildman–Crippen MR) is 167 cm³/mol. The molecule has 4 rings (SSSR count). The van der Waals surface area contributed by atoms with Crippen molar-refractivity contribution in [1.82, 2.24) is 5.32 Å². The molecule has 1 heterocycles. The SMILES string of the molecule is Cc1cc(Cl)c(Cl)cc1C1(OCO)c2cc(Cl)c(O)c(C)c2Oc2c1cc(CCC(=O)NCCCCCCO)c(O)c2Cl. The van der Waals surface area contributed by atoms with Crippen molar-refractivity contribution < 1.29 is 34.7 Å². The Morgan fingerprint density at radius 3 is 2.21 bits per heavy atom. The van der Waals surface area contributed by atoms with Gasteiger partial charge in [0.15, 0.2) is 11.4 Å². The van der Waals surface area contributed by atoms with E-state index in [1.165, 1.54) is 6.07 Å². The van der Waals surface area contributed by atoms with Crippen LogP contribution in [0.15, 0.2) is 24.3 Å². The summed E-state index contributed by atoms with van der Waals surface area (Å²) >= 11 is 26.0. The third kappa shape index (κ3) is 6.52. The van der Waals surface area contributed by atoms with Gasteiger partial charge in [0.2, 0.25) is 5.91 Å². The molecule has 0 fully saturated rings. The zero-order chi connectivity index (χ0) is 31.5. The van der Waals surface area contributed by atoms with Crippen molar-refractivity contribution in [3.05, 3.63) is 77.7 Å². The molecular formula is C31H33Cl4NO7. The van der Waals surface area contributed by atoms with Gasteiger partial charge in [0.1, 0.15) is 29.1 Å². The van der Waals surface area contributed by atoms with Crippen molar-refractivity contribution in [2.75, 3.05) is 19.9 Å². The number of fused-ring (bicyclic) bond motifs is 2. The van der Waals surface area contributed by atoms with E-state index in [-0.39, 0.29) is 69.0 Å². The van der Waals surface area contributed by atoms with Crippen LogP contribution in [0, 0.1) is 13.8 Å². The highest BCUT2D eigenvalue weighted by atomic mass is 35.5. The maximum absolute atomic E-state index is 12.6. The lowest BCUT2D eigenvalue weighted by Gasteiger charge is -2.42.